The van der Waals surface area contributed by atoms with Crippen LogP contribution in [0.5, 0.6) is 0 Å². The van der Waals surface area contributed by atoms with Gasteiger partial charge < -0.3 is 24.3 Å². The van der Waals surface area contributed by atoms with E-state index < -0.39 is 30.8 Å². The zero-order valence-corrected chi connectivity index (χ0v) is 13.4. The number of ether oxygens (including phenoxy) is 4. The van der Waals surface area contributed by atoms with Gasteiger partial charge in [0.1, 0.15) is 18.2 Å². The number of benzene rings is 1. The number of ketones is 1. The number of Topliss-reactive ketones (excluding diaryl/α,β-unsaturated/α-hetero) is 1. The molecule has 6 nitrogen and oxygen atoms in total. The lowest BCUT2D eigenvalue weighted by molar-refractivity contribution is -0.303. The third kappa shape index (κ3) is 3.46. The molecule has 3 rings (SSSR count). The summed E-state index contributed by atoms with van der Waals surface area (Å²) in [5.74, 6) is -0.0363. The number of carbonyl (C=O) groups is 1. The largest absolute Gasteiger partial charge is 0.354 e. The molecule has 0 aliphatic carbocycles. The molecule has 6 heteroatoms. The van der Waals surface area contributed by atoms with Gasteiger partial charge in [0.2, 0.25) is 0 Å². The molecule has 5 atom stereocenters. The van der Waals surface area contributed by atoms with Crippen molar-refractivity contribution in [3.8, 4) is 0 Å². The lowest BCUT2D eigenvalue weighted by atomic mass is 9.97. The fourth-order valence-corrected chi connectivity index (χ4v) is 2.93. The van der Waals surface area contributed by atoms with E-state index in [0.717, 1.165) is 18.5 Å². The predicted octanol–water partition coefficient (Wildman–Crippen LogP) is 1.41. The van der Waals surface area contributed by atoms with Gasteiger partial charge in [-0.25, -0.2) is 0 Å². The summed E-state index contributed by atoms with van der Waals surface area (Å²) in [6, 6.07) is 9.08. The Morgan fingerprint density at radius 1 is 1.26 bits per heavy atom. The minimum absolute atomic E-state index is 0.0363. The van der Waals surface area contributed by atoms with E-state index in [1.165, 1.54) is 7.11 Å². The summed E-state index contributed by atoms with van der Waals surface area (Å²) in [6.07, 6.45) is -1.32. The van der Waals surface area contributed by atoms with E-state index >= 15 is 0 Å². The molecule has 23 heavy (non-hydrogen) atoms. The van der Waals surface area contributed by atoms with Gasteiger partial charge in [-0.2, -0.15) is 0 Å². The van der Waals surface area contributed by atoms with Crippen molar-refractivity contribution >= 4 is 5.78 Å². The zero-order chi connectivity index (χ0) is 16.2. The molecule has 2 aliphatic rings. The Bertz CT molecular complexity index is 523. The number of hydrogen-bond acceptors (Lipinski definition) is 6. The van der Waals surface area contributed by atoms with Gasteiger partial charge in [0.05, 0.1) is 6.61 Å². The standard InChI is InChI=1S/C17H23NO5/c1-3-9-18-13-14(19)15-12(22-17(13)20-2)10-21-16(23-15)11-7-5-4-6-8-11/h4-8,12-13,15-18H,3,9-10H2,1-2H3/t12-,13-,15-,16-,17+/m1/s1. The maximum Gasteiger partial charge on any atom is 0.186 e. The quantitative estimate of drug-likeness (QED) is 0.884. The average Bonchev–Trinajstić information content (AvgIpc) is 2.61. The van der Waals surface area contributed by atoms with Crippen LogP contribution in [0.15, 0.2) is 30.3 Å². The molecule has 1 N–H and O–H groups in total. The van der Waals surface area contributed by atoms with Gasteiger partial charge in [0.15, 0.2) is 18.4 Å². The van der Waals surface area contributed by atoms with Crippen molar-refractivity contribution in [2.45, 2.75) is 44.2 Å². The Labute approximate surface area is 136 Å². The summed E-state index contributed by atoms with van der Waals surface area (Å²) in [7, 11) is 1.54. The SMILES string of the molecule is CCCN[C@@H]1C(=O)[C@@H]2O[C@H](c3ccccc3)OC[C@H]2O[C@@H]1OC. The molecule has 0 amide bonds. The van der Waals surface area contributed by atoms with Crippen LogP contribution in [-0.4, -0.2) is 50.6 Å². The Hall–Kier alpha value is -1.31. The average molecular weight is 321 g/mol. The van der Waals surface area contributed by atoms with Crippen LogP contribution < -0.4 is 5.32 Å². The summed E-state index contributed by atoms with van der Waals surface area (Å²) in [6.45, 7) is 3.06. The highest BCUT2D eigenvalue weighted by Crippen LogP contribution is 2.32. The van der Waals surface area contributed by atoms with Gasteiger partial charge in [-0.1, -0.05) is 37.3 Å². The Morgan fingerprint density at radius 2 is 2.04 bits per heavy atom. The van der Waals surface area contributed by atoms with E-state index in [1.54, 1.807) is 0 Å². The van der Waals surface area contributed by atoms with Crippen LogP contribution >= 0.6 is 0 Å². The summed E-state index contributed by atoms with van der Waals surface area (Å²) in [5, 5.41) is 3.19. The van der Waals surface area contributed by atoms with Crippen LogP contribution in [0, 0.1) is 0 Å². The van der Waals surface area contributed by atoms with Gasteiger partial charge in [-0.3, -0.25) is 4.79 Å². The number of methoxy groups -OCH3 is 1. The second-order valence-corrected chi connectivity index (χ2v) is 5.75. The molecule has 0 radical (unpaired) electrons. The molecule has 0 saturated carbocycles. The first-order chi connectivity index (χ1) is 11.2. The van der Waals surface area contributed by atoms with E-state index in [0.29, 0.717) is 6.61 Å². The molecule has 0 unspecified atom stereocenters. The van der Waals surface area contributed by atoms with Gasteiger partial charge in [0.25, 0.3) is 0 Å². The van der Waals surface area contributed by atoms with E-state index in [2.05, 4.69) is 5.32 Å². The van der Waals surface area contributed by atoms with Crippen LogP contribution in [-0.2, 0) is 23.7 Å². The molecular formula is C17H23NO5. The van der Waals surface area contributed by atoms with E-state index in [9.17, 15) is 4.79 Å². The minimum Gasteiger partial charge on any atom is -0.354 e. The molecule has 0 aromatic heterocycles. The van der Waals surface area contributed by atoms with Gasteiger partial charge in [-0.15, -0.1) is 0 Å². The maximum atomic E-state index is 12.8. The first-order valence-corrected chi connectivity index (χ1v) is 8.02. The highest BCUT2D eigenvalue weighted by Gasteiger charge is 2.49. The Morgan fingerprint density at radius 3 is 2.74 bits per heavy atom. The summed E-state index contributed by atoms with van der Waals surface area (Å²) in [4.78, 5) is 12.8. The first kappa shape index (κ1) is 16.5. The molecule has 2 heterocycles. The second-order valence-electron chi connectivity index (χ2n) is 5.75. The number of nitrogens with one attached hydrogen (secondary N) is 1. The summed E-state index contributed by atoms with van der Waals surface area (Å²) >= 11 is 0. The molecule has 0 bridgehead atoms. The maximum absolute atomic E-state index is 12.8. The Kier molecular flexibility index (Phi) is 5.40. The molecule has 126 valence electrons. The fraction of sp³-hybridized carbons (Fsp3) is 0.588. The van der Waals surface area contributed by atoms with E-state index in [-0.39, 0.29) is 5.78 Å². The fourth-order valence-electron chi connectivity index (χ4n) is 2.93. The third-order valence-corrected chi connectivity index (χ3v) is 4.11. The van der Waals surface area contributed by atoms with Crippen molar-refractivity contribution in [2.75, 3.05) is 20.3 Å². The highest BCUT2D eigenvalue weighted by atomic mass is 16.7. The van der Waals surface area contributed by atoms with Crippen molar-refractivity contribution in [2.24, 2.45) is 0 Å². The van der Waals surface area contributed by atoms with Crippen molar-refractivity contribution in [3.05, 3.63) is 35.9 Å². The zero-order valence-electron chi connectivity index (χ0n) is 13.4. The van der Waals surface area contributed by atoms with Gasteiger partial charge in [0, 0.05) is 12.7 Å². The van der Waals surface area contributed by atoms with Crippen LogP contribution in [0.3, 0.4) is 0 Å². The van der Waals surface area contributed by atoms with Crippen LogP contribution in [0.2, 0.25) is 0 Å². The van der Waals surface area contributed by atoms with Crippen LogP contribution in [0.4, 0.5) is 0 Å². The highest BCUT2D eigenvalue weighted by molar-refractivity contribution is 5.90. The number of carbonyl (C=O) groups excluding carboxylic acids is 1. The lowest BCUT2D eigenvalue weighted by Crippen LogP contribution is -2.63. The van der Waals surface area contributed by atoms with E-state index in [4.69, 9.17) is 18.9 Å². The second kappa shape index (κ2) is 7.51. The minimum atomic E-state index is -0.644. The topological polar surface area (TPSA) is 66.0 Å². The normalized spacial score (nSPS) is 34.2. The predicted molar refractivity (Wildman–Crippen MR) is 82.8 cm³/mol. The van der Waals surface area contributed by atoms with Crippen molar-refractivity contribution in [3.63, 3.8) is 0 Å². The molecule has 2 fully saturated rings. The summed E-state index contributed by atoms with van der Waals surface area (Å²) < 4.78 is 22.8. The molecular weight excluding hydrogens is 298 g/mol. The van der Waals surface area contributed by atoms with Crippen molar-refractivity contribution in [1.29, 1.82) is 0 Å². The van der Waals surface area contributed by atoms with Crippen molar-refractivity contribution < 1.29 is 23.7 Å². The molecule has 2 saturated heterocycles. The summed E-state index contributed by atoms with van der Waals surface area (Å²) in [5.41, 5.74) is 0.894. The molecule has 1 aromatic carbocycles. The van der Waals surface area contributed by atoms with Gasteiger partial charge >= 0.3 is 0 Å². The number of rotatable bonds is 5. The van der Waals surface area contributed by atoms with Crippen LogP contribution in [0.1, 0.15) is 25.2 Å². The lowest BCUT2D eigenvalue weighted by Gasteiger charge is -2.43. The smallest absolute Gasteiger partial charge is 0.186 e. The van der Waals surface area contributed by atoms with Crippen molar-refractivity contribution in [1.82, 2.24) is 5.32 Å². The van der Waals surface area contributed by atoms with Gasteiger partial charge in [-0.05, 0) is 13.0 Å². The monoisotopic (exact) mass is 321 g/mol. The Balaban J connectivity index is 1.74. The van der Waals surface area contributed by atoms with E-state index in [1.807, 2.05) is 37.3 Å². The number of hydrogen-bond donors (Lipinski definition) is 1. The third-order valence-electron chi connectivity index (χ3n) is 4.11. The van der Waals surface area contributed by atoms with Crippen LogP contribution in [0.25, 0.3) is 0 Å². The molecule has 0 spiro atoms. The number of fused-ring (bicyclic) bond motifs is 1. The molecule has 1 aromatic rings. The first-order valence-electron chi connectivity index (χ1n) is 8.02. The molecule has 2 aliphatic heterocycles.